The van der Waals surface area contributed by atoms with Gasteiger partial charge in [0, 0.05) is 17.7 Å². The van der Waals surface area contributed by atoms with Crippen LogP contribution in [0.3, 0.4) is 0 Å². The van der Waals surface area contributed by atoms with Crippen molar-refractivity contribution < 1.29 is 38.3 Å². The van der Waals surface area contributed by atoms with Crippen molar-refractivity contribution in [3.8, 4) is 11.5 Å². The maximum atomic E-state index is 12.6. The summed E-state index contributed by atoms with van der Waals surface area (Å²) in [5.41, 5.74) is 2.00. The maximum Gasteiger partial charge on any atom is 0.412 e. The molecule has 13 nitrogen and oxygen atoms in total. The molecule has 1 heterocycles. The zero-order chi connectivity index (χ0) is 33.4. The van der Waals surface area contributed by atoms with Crippen molar-refractivity contribution in [1.29, 1.82) is 0 Å². The number of rotatable bonds is 13. The smallest absolute Gasteiger partial charge is 0.412 e. The summed E-state index contributed by atoms with van der Waals surface area (Å²) in [6.45, 7) is 6.64. The molecule has 0 spiro atoms. The van der Waals surface area contributed by atoms with Crippen LogP contribution >= 0.6 is 11.8 Å². The van der Waals surface area contributed by atoms with Gasteiger partial charge in [0.05, 0.1) is 22.4 Å². The molecule has 1 aliphatic heterocycles. The minimum atomic E-state index is -0.676. The van der Waals surface area contributed by atoms with Gasteiger partial charge in [-0.3, -0.25) is 35.1 Å². The Labute approximate surface area is 269 Å². The SMILES string of the molecule is Cc1cccc(COc2ccc([N+](=O)[O-])c(NCC(=O)COc3ccc(CC4SC(=O)NC4=O)cc3)c2)c1NC(=O)OC(C)(C)C. The quantitative estimate of drug-likeness (QED) is 0.151. The molecule has 242 valence electrons. The Morgan fingerprint density at radius 1 is 1.02 bits per heavy atom. The van der Waals surface area contributed by atoms with E-state index in [-0.39, 0.29) is 48.1 Å². The Hall–Kier alpha value is -5.11. The Kier molecular flexibility index (Phi) is 10.9. The number of imide groups is 1. The van der Waals surface area contributed by atoms with E-state index >= 15 is 0 Å². The highest BCUT2D eigenvalue weighted by Crippen LogP contribution is 2.30. The fourth-order valence-electron chi connectivity index (χ4n) is 4.37. The van der Waals surface area contributed by atoms with E-state index in [1.165, 1.54) is 18.2 Å². The molecule has 1 aliphatic rings. The lowest BCUT2D eigenvalue weighted by molar-refractivity contribution is -0.384. The van der Waals surface area contributed by atoms with Gasteiger partial charge in [0.15, 0.2) is 5.78 Å². The number of ketones is 1. The summed E-state index contributed by atoms with van der Waals surface area (Å²) in [5, 5.41) is 18.6. The van der Waals surface area contributed by atoms with E-state index in [0.717, 1.165) is 22.9 Å². The molecule has 3 amide bonds. The predicted octanol–water partition coefficient (Wildman–Crippen LogP) is 5.78. The Morgan fingerprint density at radius 2 is 1.74 bits per heavy atom. The van der Waals surface area contributed by atoms with Crippen LogP contribution in [0.4, 0.5) is 26.7 Å². The van der Waals surface area contributed by atoms with E-state index in [1.54, 1.807) is 51.1 Å². The van der Waals surface area contributed by atoms with E-state index in [0.29, 0.717) is 29.2 Å². The zero-order valence-electron chi connectivity index (χ0n) is 25.7. The van der Waals surface area contributed by atoms with Crippen molar-refractivity contribution in [3.05, 3.63) is 87.5 Å². The van der Waals surface area contributed by atoms with Gasteiger partial charge in [0.25, 0.3) is 10.9 Å². The van der Waals surface area contributed by atoms with E-state index in [4.69, 9.17) is 14.2 Å². The third kappa shape index (κ3) is 9.69. The third-order valence-corrected chi connectivity index (χ3v) is 7.51. The molecule has 0 bridgehead atoms. The Morgan fingerprint density at radius 3 is 2.39 bits per heavy atom. The monoisotopic (exact) mass is 650 g/mol. The van der Waals surface area contributed by atoms with Crippen molar-refractivity contribution in [2.24, 2.45) is 0 Å². The molecule has 46 heavy (non-hydrogen) atoms. The van der Waals surface area contributed by atoms with Crippen LogP contribution in [0.2, 0.25) is 0 Å². The lowest BCUT2D eigenvalue weighted by atomic mass is 10.1. The first-order valence-corrected chi connectivity index (χ1v) is 15.1. The van der Waals surface area contributed by atoms with E-state index in [2.05, 4.69) is 16.0 Å². The minimum Gasteiger partial charge on any atom is -0.489 e. The number of para-hydroxylation sites is 1. The van der Waals surface area contributed by atoms with Crippen LogP contribution in [0.5, 0.6) is 11.5 Å². The van der Waals surface area contributed by atoms with Crippen molar-refractivity contribution in [2.75, 3.05) is 23.8 Å². The van der Waals surface area contributed by atoms with Gasteiger partial charge in [-0.2, -0.15) is 0 Å². The molecule has 0 radical (unpaired) electrons. The molecule has 0 aliphatic carbocycles. The molecule has 0 saturated carbocycles. The molecule has 3 aromatic rings. The summed E-state index contributed by atoms with van der Waals surface area (Å²) >= 11 is 0.949. The second-order valence-corrected chi connectivity index (χ2v) is 12.5. The van der Waals surface area contributed by atoms with Gasteiger partial charge < -0.3 is 19.5 Å². The summed E-state index contributed by atoms with van der Waals surface area (Å²) in [5.74, 6) is 0.0489. The number of carbonyl (C=O) groups is 4. The van der Waals surface area contributed by atoms with Gasteiger partial charge in [-0.15, -0.1) is 0 Å². The molecule has 0 aromatic heterocycles. The number of nitro benzene ring substituents is 1. The number of aryl methyl sites for hydroxylation is 1. The van der Waals surface area contributed by atoms with Crippen LogP contribution in [-0.4, -0.2) is 51.9 Å². The molecule has 14 heteroatoms. The van der Waals surface area contributed by atoms with Crippen molar-refractivity contribution in [3.63, 3.8) is 0 Å². The zero-order valence-corrected chi connectivity index (χ0v) is 26.5. The number of nitrogens with one attached hydrogen (secondary N) is 3. The molecule has 1 fully saturated rings. The minimum absolute atomic E-state index is 0.0421. The molecule has 3 aromatic carbocycles. The first kappa shape index (κ1) is 33.8. The molecular formula is C32H34N4O9S. The topological polar surface area (TPSA) is 175 Å². The number of anilines is 2. The van der Waals surface area contributed by atoms with E-state index in [9.17, 15) is 29.3 Å². The van der Waals surface area contributed by atoms with Crippen molar-refractivity contribution in [1.82, 2.24) is 5.32 Å². The van der Waals surface area contributed by atoms with Crippen LogP contribution < -0.4 is 25.4 Å². The maximum absolute atomic E-state index is 12.6. The third-order valence-electron chi connectivity index (χ3n) is 6.53. The summed E-state index contributed by atoms with van der Waals surface area (Å²) in [7, 11) is 0. The average molecular weight is 651 g/mol. The largest absolute Gasteiger partial charge is 0.489 e. The van der Waals surface area contributed by atoms with Gasteiger partial charge >= 0.3 is 6.09 Å². The summed E-state index contributed by atoms with van der Waals surface area (Å²) in [4.78, 5) is 59.2. The first-order chi connectivity index (χ1) is 21.8. The van der Waals surface area contributed by atoms with Crippen LogP contribution in [0.25, 0.3) is 0 Å². The first-order valence-electron chi connectivity index (χ1n) is 14.3. The highest BCUT2D eigenvalue weighted by Gasteiger charge is 2.31. The highest BCUT2D eigenvalue weighted by atomic mass is 32.2. The number of ether oxygens (including phenoxy) is 3. The van der Waals surface area contributed by atoms with Gasteiger partial charge in [-0.25, -0.2) is 4.79 Å². The highest BCUT2D eigenvalue weighted by molar-refractivity contribution is 8.15. The van der Waals surface area contributed by atoms with E-state index in [1.807, 2.05) is 19.1 Å². The normalized spacial score (nSPS) is 14.3. The van der Waals surface area contributed by atoms with Crippen LogP contribution in [0.15, 0.2) is 60.7 Å². The van der Waals surface area contributed by atoms with Crippen molar-refractivity contribution in [2.45, 2.75) is 51.6 Å². The Bertz CT molecular complexity index is 1640. The molecular weight excluding hydrogens is 616 g/mol. The summed E-state index contributed by atoms with van der Waals surface area (Å²) in [6.07, 6.45) is -0.231. The number of carbonyl (C=O) groups excluding carboxylic acids is 4. The van der Waals surface area contributed by atoms with Crippen LogP contribution in [0, 0.1) is 17.0 Å². The van der Waals surface area contributed by atoms with E-state index < -0.39 is 21.9 Å². The number of Topliss-reactive ketones (excluding diaryl/α,β-unsaturated/α-hetero) is 1. The lowest BCUT2D eigenvalue weighted by Gasteiger charge is -2.21. The van der Waals surface area contributed by atoms with Gasteiger partial charge in [-0.1, -0.05) is 42.1 Å². The second kappa shape index (κ2) is 14.8. The fourth-order valence-corrected chi connectivity index (χ4v) is 5.23. The average Bonchev–Trinajstić information content (AvgIpc) is 3.30. The summed E-state index contributed by atoms with van der Waals surface area (Å²) in [6, 6.07) is 16.4. The summed E-state index contributed by atoms with van der Waals surface area (Å²) < 4.78 is 16.8. The number of hydrogen-bond acceptors (Lipinski definition) is 11. The molecule has 1 atom stereocenters. The van der Waals surface area contributed by atoms with Crippen LogP contribution in [0.1, 0.15) is 37.5 Å². The molecule has 3 N–H and O–H groups in total. The number of hydrogen-bond donors (Lipinski definition) is 3. The number of thioether (sulfide) groups is 1. The fraction of sp³-hybridized carbons (Fsp3) is 0.312. The molecule has 1 unspecified atom stereocenters. The number of benzene rings is 3. The standard InChI is InChI=1S/C32H34N4O9S/c1-19-6-5-7-21(28(19)34-30(39)45-32(2,3)4)17-43-24-12-13-26(36(41)42)25(15-24)33-16-22(37)18-44-23-10-8-20(9-11-23)14-27-29(38)35-31(40)46-27/h5-13,15,27,33H,14,16-18H2,1-4H3,(H,34,39)(H,35,38,40). The van der Waals surface area contributed by atoms with Gasteiger partial charge in [0.1, 0.15) is 36.0 Å². The predicted molar refractivity (Wildman–Crippen MR) is 173 cm³/mol. The molecule has 4 rings (SSSR count). The lowest BCUT2D eigenvalue weighted by Crippen LogP contribution is -2.27. The number of nitro groups is 1. The second-order valence-electron chi connectivity index (χ2n) is 11.4. The van der Waals surface area contributed by atoms with Gasteiger partial charge in [0.2, 0.25) is 5.91 Å². The van der Waals surface area contributed by atoms with Crippen molar-refractivity contribution >= 4 is 51.8 Å². The van der Waals surface area contributed by atoms with Gasteiger partial charge in [-0.05, 0) is 63.4 Å². The molecule has 1 saturated heterocycles. The number of amides is 3. The number of nitrogens with zero attached hydrogens (tertiary/aromatic N) is 1. The Balaban J connectivity index is 1.33. The van der Waals surface area contributed by atoms with Crippen LogP contribution in [-0.2, 0) is 27.4 Å².